The highest BCUT2D eigenvalue weighted by Gasteiger charge is 2.26. The first-order chi connectivity index (χ1) is 9.24. The Morgan fingerprint density at radius 3 is 3.05 bits per heavy atom. The van der Waals surface area contributed by atoms with Crippen molar-refractivity contribution in [2.24, 2.45) is 5.92 Å². The Balaban J connectivity index is 1.92. The van der Waals surface area contributed by atoms with Crippen LogP contribution in [0.2, 0.25) is 0 Å². The van der Waals surface area contributed by atoms with Gasteiger partial charge in [0.15, 0.2) is 0 Å². The van der Waals surface area contributed by atoms with Crippen LogP contribution in [-0.4, -0.2) is 23.5 Å². The van der Waals surface area contributed by atoms with E-state index >= 15 is 0 Å². The second-order valence-electron chi connectivity index (χ2n) is 5.46. The van der Waals surface area contributed by atoms with Crippen LogP contribution in [0.5, 0.6) is 0 Å². The summed E-state index contributed by atoms with van der Waals surface area (Å²) in [5.41, 5.74) is 1.49. The first-order valence-electron chi connectivity index (χ1n) is 7.32. The summed E-state index contributed by atoms with van der Waals surface area (Å²) in [6.07, 6.45) is 4.55. The lowest BCUT2D eigenvalue weighted by atomic mass is 9.98. The van der Waals surface area contributed by atoms with Crippen molar-refractivity contribution in [2.75, 3.05) is 13.2 Å². The number of aliphatic hydroxyl groups is 1. The van der Waals surface area contributed by atoms with Crippen LogP contribution < -0.4 is 5.32 Å². The highest BCUT2D eigenvalue weighted by Crippen LogP contribution is 2.43. The number of thioether (sulfide) groups is 1. The Morgan fingerprint density at radius 2 is 2.32 bits per heavy atom. The van der Waals surface area contributed by atoms with Crippen LogP contribution in [0.1, 0.15) is 51.1 Å². The summed E-state index contributed by atoms with van der Waals surface area (Å²) in [6.45, 7) is 5.89. The third-order valence-electron chi connectivity index (χ3n) is 3.80. The third-order valence-corrected chi connectivity index (χ3v) is 6.14. The fourth-order valence-corrected chi connectivity index (χ4v) is 5.36. The molecule has 0 bridgehead atoms. The van der Waals surface area contributed by atoms with Gasteiger partial charge in [0.1, 0.15) is 0 Å². The minimum Gasteiger partial charge on any atom is -0.396 e. The molecular weight excluding hydrogens is 274 g/mol. The Bertz CT molecular complexity index is 374. The van der Waals surface area contributed by atoms with Gasteiger partial charge in [-0.3, -0.25) is 0 Å². The fourth-order valence-electron chi connectivity index (χ4n) is 2.79. The quantitative estimate of drug-likeness (QED) is 0.796. The van der Waals surface area contributed by atoms with Gasteiger partial charge in [0.25, 0.3) is 0 Å². The average molecular weight is 300 g/mol. The van der Waals surface area contributed by atoms with Crippen molar-refractivity contribution in [3.05, 3.63) is 17.0 Å². The first kappa shape index (κ1) is 15.4. The van der Waals surface area contributed by atoms with Gasteiger partial charge >= 0.3 is 0 Å². The summed E-state index contributed by atoms with van der Waals surface area (Å²) in [4.78, 5) is 0. The van der Waals surface area contributed by atoms with E-state index < -0.39 is 0 Å². The number of rotatable bonds is 7. The maximum absolute atomic E-state index is 9.14. The molecule has 1 aromatic heterocycles. The van der Waals surface area contributed by atoms with E-state index in [9.17, 15) is 0 Å². The molecule has 108 valence electrons. The third kappa shape index (κ3) is 4.22. The standard InChI is InChI=1S/C15H25NOS2/c1-3-4-12(5-7-17)10-16-14-9-11(2)19-15-13(14)6-8-18-15/h6,8,11-12,14,16-17H,3-5,7,9-10H2,1-2H3/t11-,12?,14?/m0/s1. The van der Waals surface area contributed by atoms with Crippen LogP contribution >= 0.6 is 23.1 Å². The number of nitrogens with one attached hydrogen (secondary N) is 1. The molecule has 2 unspecified atom stereocenters. The summed E-state index contributed by atoms with van der Waals surface area (Å²) in [6, 6.07) is 2.78. The molecule has 2 nitrogen and oxygen atoms in total. The summed E-state index contributed by atoms with van der Waals surface area (Å²) in [7, 11) is 0. The van der Waals surface area contributed by atoms with Crippen LogP contribution in [0.25, 0.3) is 0 Å². The van der Waals surface area contributed by atoms with E-state index in [-0.39, 0.29) is 0 Å². The van der Waals surface area contributed by atoms with Crippen LogP contribution in [0, 0.1) is 5.92 Å². The van der Waals surface area contributed by atoms with Crippen molar-refractivity contribution >= 4 is 23.1 Å². The maximum Gasteiger partial charge on any atom is 0.0649 e. The van der Waals surface area contributed by atoms with Crippen molar-refractivity contribution in [1.29, 1.82) is 0 Å². The smallest absolute Gasteiger partial charge is 0.0649 e. The largest absolute Gasteiger partial charge is 0.396 e. The zero-order valence-electron chi connectivity index (χ0n) is 11.9. The van der Waals surface area contributed by atoms with Crippen molar-refractivity contribution in [2.45, 2.75) is 55.0 Å². The summed E-state index contributed by atoms with van der Waals surface area (Å²) in [5.74, 6) is 0.613. The van der Waals surface area contributed by atoms with Gasteiger partial charge in [-0.1, -0.05) is 20.3 Å². The topological polar surface area (TPSA) is 32.3 Å². The Kier molecular flexibility index (Phi) is 6.20. The summed E-state index contributed by atoms with van der Waals surface area (Å²) in [5, 5.41) is 15.8. The van der Waals surface area contributed by atoms with E-state index in [0.717, 1.165) is 13.0 Å². The molecule has 1 aromatic rings. The molecular formula is C15H25NOS2. The van der Waals surface area contributed by atoms with Gasteiger partial charge in [-0.25, -0.2) is 0 Å². The molecule has 4 heteroatoms. The first-order valence-corrected chi connectivity index (χ1v) is 9.08. The molecule has 2 heterocycles. The van der Waals surface area contributed by atoms with Crippen LogP contribution in [0.15, 0.2) is 15.7 Å². The van der Waals surface area contributed by atoms with E-state index in [1.54, 1.807) is 0 Å². The van der Waals surface area contributed by atoms with Gasteiger partial charge in [-0.15, -0.1) is 23.1 Å². The number of hydrogen-bond acceptors (Lipinski definition) is 4. The molecule has 0 amide bonds. The van der Waals surface area contributed by atoms with Crippen molar-refractivity contribution in [1.82, 2.24) is 5.32 Å². The summed E-state index contributed by atoms with van der Waals surface area (Å²) >= 11 is 3.89. The molecule has 1 aliphatic rings. The van der Waals surface area contributed by atoms with Gasteiger partial charge in [0.05, 0.1) is 4.21 Å². The predicted octanol–water partition coefficient (Wildman–Crippen LogP) is 4.06. The van der Waals surface area contributed by atoms with Gasteiger partial charge in [-0.05, 0) is 48.7 Å². The van der Waals surface area contributed by atoms with Gasteiger partial charge in [0.2, 0.25) is 0 Å². The molecule has 19 heavy (non-hydrogen) atoms. The average Bonchev–Trinajstić information content (AvgIpc) is 2.84. The molecule has 1 aliphatic heterocycles. The van der Waals surface area contributed by atoms with Crippen molar-refractivity contribution in [3.8, 4) is 0 Å². The van der Waals surface area contributed by atoms with Crippen molar-refractivity contribution in [3.63, 3.8) is 0 Å². The molecule has 0 saturated carbocycles. The molecule has 0 spiro atoms. The molecule has 0 fully saturated rings. The number of hydrogen-bond donors (Lipinski definition) is 2. The van der Waals surface area contributed by atoms with Crippen LogP contribution in [0.3, 0.4) is 0 Å². The number of thiophene rings is 1. The lowest BCUT2D eigenvalue weighted by molar-refractivity contribution is 0.244. The second kappa shape index (κ2) is 7.67. The zero-order chi connectivity index (χ0) is 13.7. The summed E-state index contributed by atoms with van der Waals surface area (Å²) < 4.78 is 1.49. The van der Waals surface area contributed by atoms with Gasteiger partial charge in [0, 0.05) is 17.9 Å². The minimum atomic E-state index is 0.312. The molecule has 0 aliphatic carbocycles. The monoisotopic (exact) mass is 299 g/mol. The van der Waals surface area contributed by atoms with E-state index in [1.165, 1.54) is 29.0 Å². The van der Waals surface area contributed by atoms with Gasteiger partial charge < -0.3 is 10.4 Å². The molecule has 2 N–H and O–H groups in total. The van der Waals surface area contributed by atoms with E-state index in [4.69, 9.17) is 5.11 Å². The molecule has 2 rings (SSSR count). The Morgan fingerprint density at radius 1 is 1.47 bits per heavy atom. The fraction of sp³-hybridized carbons (Fsp3) is 0.733. The number of aliphatic hydroxyl groups excluding tert-OH is 1. The molecule has 0 radical (unpaired) electrons. The zero-order valence-corrected chi connectivity index (χ0v) is 13.5. The van der Waals surface area contributed by atoms with E-state index in [2.05, 4.69) is 30.6 Å². The number of fused-ring (bicyclic) bond motifs is 1. The second-order valence-corrected chi connectivity index (χ2v) is 8.08. The molecule has 0 saturated heterocycles. The normalized spacial score (nSPS) is 24.2. The van der Waals surface area contributed by atoms with Crippen LogP contribution in [-0.2, 0) is 0 Å². The van der Waals surface area contributed by atoms with E-state index in [1.807, 2.05) is 23.1 Å². The van der Waals surface area contributed by atoms with Crippen molar-refractivity contribution < 1.29 is 5.11 Å². The van der Waals surface area contributed by atoms with Gasteiger partial charge in [-0.2, -0.15) is 0 Å². The molecule has 0 aromatic carbocycles. The lowest BCUT2D eigenvalue weighted by Gasteiger charge is -2.29. The predicted molar refractivity (Wildman–Crippen MR) is 85.1 cm³/mol. The highest BCUT2D eigenvalue weighted by molar-refractivity contribution is 8.01. The Labute approximate surface area is 125 Å². The molecule has 3 atom stereocenters. The highest BCUT2D eigenvalue weighted by atomic mass is 32.2. The lowest BCUT2D eigenvalue weighted by Crippen LogP contribution is -2.31. The van der Waals surface area contributed by atoms with E-state index in [0.29, 0.717) is 23.8 Å². The SMILES string of the molecule is CCCC(CCO)CNC1C[C@H](C)Sc2sccc21. The Hall–Kier alpha value is -0.0300. The maximum atomic E-state index is 9.14. The van der Waals surface area contributed by atoms with Crippen LogP contribution in [0.4, 0.5) is 0 Å². The minimum absolute atomic E-state index is 0.312.